The Morgan fingerprint density at radius 3 is 2.89 bits per heavy atom. The molecule has 0 amide bonds. The molecule has 0 atom stereocenters. The first-order valence-corrected chi connectivity index (χ1v) is 10.0. The second-order valence-electron chi connectivity index (χ2n) is 7.12. The van der Waals surface area contributed by atoms with Crippen molar-refractivity contribution in [2.45, 2.75) is 40.0 Å². The van der Waals surface area contributed by atoms with Gasteiger partial charge in [0, 0.05) is 24.5 Å². The summed E-state index contributed by atoms with van der Waals surface area (Å²) in [6, 6.07) is 12.8. The minimum absolute atomic E-state index is 0.493. The quantitative estimate of drug-likeness (QED) is 0.445. The van der Waals surface area contributed by atoms with E-state index in [1.54, 1.807) is 0 Å². The van der Waals surface area contributed by atoms with Crippen LogP contribution in [-0.4, -0.2) is 24.4 Å². The van der Waals surface area contributed by atoms with Crippen LogP contribution < -0.4 is 15.6 Å². The molecule has 0 fully saturated rings. The minimum Gasteiger partial charge on any atom is -0.371 e. The van der Waals surface area contributed by atoms with Crippen molar-refractivity contribution in [2.75, 3.05) is 23.3 Å². The number of anilines is 2. The largest absolute Gasteiger partial charge is 0.371 e. The third-order valence-corrected chi connectivity index (χ3v) is 5.03. The van der Waals surface area contributed by atoms with E-state index in [2.05, 4.69) is 77.9 Å². The molecule has 0 spiro atoms. The van der Waals surface area contributed by atoms with Gasteiger partial charge in [-0.3, -0.25) is 5.43 Å². The van der Waals surface area contributed by atoms with Gasteiger partial charge in [0.1, 0.15) is 0 Å². The van der Waals surface area contributed by atoms with Crippen LogP contribution >= 0.6 is 12.2 Å². The molecule has 0 bridgehead atoms. The van der Waals surface area contributed by atoms with E-state index in [9.17, 15) is 0 Å². The lowest BCUT2D eigenvalue weighted by molar-refractivity contribution is 0.681. The number of rotatable bonds is 5. The Labute approximate surface area is 167 Å². The van der Waals surface area contributed by atoms with Crippen molar-refractivity contribution in [3.63, 3.8) is 0 Å². The zero-order valence-electron chi connectivity index (χ0n) is 16.4. The molecule has 0 aromatic heterocycles. The fourth-order valence-corrected chi connectivity index (χ4v) is 3.63. The van der Waals surface area contributed by atoms with Gasteiger partial charge >= 0.3 is 0 Å². The van der Waals surface area contributed by atoms with Gasteiger partial charge in [-0.1, -0.05) is 25.1 Å². The van der Waals surface area contributed by atoms with Crippen molar-refractivity contribution >= 4 is 34.9 Å². The van der Waals surface area contributed by atoms with Crippen LogP contribution in [0.4, 0.5) is 11.4 Å². The standard InChI is InChI=1S/C22H28N4S/c1-4-11-26-12-5-6-19-14-18(9-10-21(19)26)15-23-25-22(27)24-20-13-16(2)7-8-17(20)3/h7-10,13-15H,4-6,11-12H2,1-3H3,(H2,24,25,27). The van der Waals surface area contributed by atoms with E-state index in [0.29, 0.717) is 5.11 Å². The predicted octanol–water partition coefficient (Wildman–Crippen LogP) is 4.79. The Balaban J connectivity index is 1.61. The summed E-state index contributed by atoms with van der Waals surface area (Å²) in [4.78, 5) is 2.49. The normalized spacial score (nSPS) is 13.5. The Hall–Kier alpha value is -2.40. The lowest BCUT2D eigenvalue weighted by Crippen LogP contribution is -2.30. The molecule has 2 aromatic carbocycles. The number of hydrogen-bond acceptors (Lipinski definition) is 3. The third-order valence-electron chi connectivity index (χ3n) is 4.83. The summed E-state index contributed by atoms with van der Waals surface area (Å²) in [6.45, 7) is 8.64. The first-order valence-electron chi connectivity index (χ1n) is 9.62. The second-order valence-corrected chi connectivity index (χ2v) is 7.53. The van der Waals surface area contributed by atoms with Gasteiger partial charge in [-0.05, 0) is 85.8 Å². The topological polar surface area (TPSA) is 39.7 Å². The fraction of sp³-hybridized carbons (Fsp3) is 0.364. The molecule has 2 N–H and O–H groups in total. The maximum absolute atomic E-state index is 5.35. The molecule has 4 nitrogen and oxygen atoms in total. The molecule has 5 heteroatoms. The van der Waals surface area contributed by atoms with Gasteiger partial charge in [0.05, 0.1) is 6.21 Å². The first kappa shape index (κ1) is 19.4. The fourth-order valence-electron chi connectivity index (χ4n) is 3.46. The highest BCUT2D eigenvalue weighted by molar-refractivity contribution is 7.80. The van der Waals surface area contributed by atoms with Crippen LogP contribution in [0.5, 0.6) is 0 Å². The molecule has 3 rings (SSSR count). The van der Waals surface area contributed by atoms with E-state index in [1.807, 2.05) is 6.21 Å². The lowest BCUT2D eigenvalue weighted by Gasteiger charge is -2.31. The summed E-state index contributed by atoms with van der Waals surface area (Å²) >= 11 is 5.35. The van der Waals surface area contributed by atoms with Crippen molar-refractivity contribution in [1.29, 1.82) is 0 Å². The van der Waals surface area contributed by atoms with Gasteiger partial charge in [0.15, 0.2) is 5.11 Å². The van der Waals surface area contributed by atoms with Crippen molar-refractivity contribution in [2.24, 2.45) is 5.10 Å². The number of hydrogen-bond donors (Lipinski definition) is 2. The Bertz CT molecular complexity index is 844. The number of hydrazone groups is 1. The van der Waals surface area contributed by atoms with Gasteiger partial charge in [-0.15, -0.1) is 0 Å². The molecule has 0 aliphatic carbocycles. The summed E-state index contributed by atoms with van der Waals surface area (Å²) < 4.78 is 0. The number of aryl methyl sites for hydroxylation is 3. The van der Waals surface area contributed by atoms with Gasteiger partial charge in [-0.25, -0.2) is 0 Å². The Morgan fingerprint density at radius 2 is 2.07 bits per heavy atom. The minimum atomic E-state index is 0.493. The van der Waals surface area contributed by atoms with Gasteiger partial charge in [0.25, 0.3) is 0 Å². The molecule has 0 radical (unpaired) electrons. The van der Waals surface area contributed by atoms with E-state index in [-0.39, 0.29) is 0 Å². The smallest absolute Gasteiger partial charge is 0.191 e. The zero-order chi connectivity index (χ0) is 19.2. The van der Waals surface area contributed by atoms with E-state index in [0.717, 1.165) is 36.3 Å². The highest BCUT2D eigenvalue weighted by Gasteiger charge is 2.15. The van der Waals surface area contributed by atoms with E-state index >= 15 is 0 Å². The van der Waals surface area contributed by atoms with Crippen LogP contribution in [0.15, 0.2) is 41.5 Å². The van der Waals surface area contributed by atoms with Crippen LogP contribution in [0, 0.1) is 13.8 Å². The van der Waals surface area contributed by atoms with Crippen molar-refractivity contribution < 1.29 is 0 Å². The lowest BCUT2D eigenvalue weighted by atomic mass is 9.99. The Kier molecular flexibility index (Phi) is 6.45. The van der Waals surface area contributed by atoms with Crippen LogP contribution in [0.25, 0.3) is 0 Å². The highest BCUT2D eigenvalue weighted by Crippen LogP contribution is 2.27. The van der Waals surface area contributed by atoms with E-state index in [4.69, 9.17) is 12.2 Å². The summed E-state index contributed by atoms with van der Waals surface area (Å²) in [5, 5.41) is 8.00. The zero-order valence-corrected chi connectivity index (χ0v) is 17.2. The van der Waals surface area contributed by atoms with Gasteiger partial charge < -0.3 is 10.2 Å². The molecule has 27 heavy (non-hydrogen) atoms. The van der Waals surface area contributed by atoms with Crippen LogP contribution in [-0.2, 0) is 6.42 Å². The van der Waals surface area contributed by atoms with E-state index in [1.165, 1.54) is 29.7 Å². The van der Waals surface area contributed by atoms with Crippen molar-refractivity contribution in [3.05, 3.63) is 58.7 Å². The number of benzene rings is 2. The molecule has 0 saturated heterocycles. The molecule has 0 unspecified atom stereocenters. The molecular weight excluding hydrogens is 352 g/mol. The van der Waals surface area contributed by atoms with Crippen molar-refractivity contribution in [1.82, 2.24) is 5.43 Å². The second kappa shape index (κ2) is 9.00. The first-order chi connectivity index (χ1) is 13.1. The van der Waals surface area contributed by atoms with Gasteiger partial charge in [0.2, 0.25) is 0 Å². The maximum atomic E-state index is 5.35. The molecule has 0 saturated carbocycles. The Morgan fingerprint density at radius 1 is 1.22 bits per heavy atom. The molecule has 142 valence electrons. The van der Waals surface area contributed by atoms with Gasteiger partial charge in [-0.2, -0.15) is 5.10 Å². The average Bonchev–Trinajstić information content (AvgIpc) is 2.65. The average molecular weight is 381 g/mol. The number of nitrogens with zero attached hydrogens (tertiary/aromatic N) is 2. The molecule has 1 heterocycles. The van der Waals surface area contributed by atoms with Crippen molar-refractivity contribution in [3.8, 4) is 0 Å². The third kappa shape index (κ3) is 5.07. The summed E-state index contributed by atoms with van der Waals surface area (Å²) in [7, 11) is 0. The number of thiocarbonyl (C=S) groups is 1. The molecule has 1 aliphatic rings. The SMILES string of the molecule is CCCN1CCCc2cc(C=NNC(=S)Nc3cc(C)ccc3C)ccc21. The maximum Gasteiger partial charge on any atom is 0.191 e. The predicted molar refractivity (Wildman–Crippen MR) is 120 cm³/mol. The summed E-state index contributed by atoms with van der Waals surface area (Å²) in [6.07, 6.45) is 5.36. The van der Waals surface area contributed by atoms with E-state index < -0.39 is 0 Å². The van der Waals surface area contributed by atoms with Crippen LogP contribution in [0.2, 0.25) is 0 Å². The highest BCUT2D eigenvalue weighted by atomic mass is 32.1. The molecule has 2 aromatic rings. The summed E-state index contributed by atoms with van der Waals surface area (Å²) in [5.74, 6) is 0. The molecular formula is C22H28N4S. The van der Waals surface area contributed by atoms with Crippen LogP contribution in [0.3, 0.4) is 0 Å². The molecule has 1 aliphatic heterocycles. The number of fused-ring (bicyclic) bond motifs is 1. The van der Waals surface area contributed by atoms with Crippen LogP contribution in [0.1, 0.15) is 42.0 Å². The monoisotopic (exact) mass is 380 g/mol. The number of nitrogens with one attached hydrogen (secondary N) is 2. The summed E-state index contributed by atoms with van der Waals surface area (Å²) in [5.41, 5.74) is 10.1.